The topological polar surface area (TPSA) is 64.7 Å². The number of benzene rings is 2. The summed E-state index contributed by atoms with van der Waals surface area (Å²) in [5.74, 6) is 0.280. The van der Waals surface area contributed by atoms with E-state index in [1.54, 1.807) is 22.9 Å². The molecule has 1 N–H and O–H groups in total. The Kier molecular flexibility index (Phi) is 6.11. The lowest BCUT2D eigenvalue weighted by atomic mass is 10.1. The van der Waals surface area contributed by atoms with Gasteiger partial charge in [0.2, 0.25) is 0 Å². The maximum absolute atomic E-state index is 12.6. The van der Waals surface area contributed by atoms with Crippen molar-refractivity contribution in [2.24, 2.45) is 0 Å². The van der Waals surface area contributed by atoms with Gasteiger partial charge in [-0.05, 0) is 49.2 Å². The van der Waals surface area contributed by atoms with Crippen LogP contribution in [-0.4, -0.2) is 25.5 Å². The molecule has 0 radical (unpaired) electrons. The molecule has 0 saturated carbocycles. The van der Waals surface area contributed by atoms with E-state index in [4.69, 9.17) is 23.2 Å². The molecule has 1 amide bonds. The van der Waals surface area contributed by atoms with Crippen molar-refractivity contribution in [2.45, 2.75) is 26.9 Å². The predicted octanol–water partition coefficient (Wildman–Crippen LogP) is 5.35. The molecule has 2 aromatic heterocycles. The summed E-state index contributed by atoms with van der Waals surface area (Å²) in [6.45, 7) is 4.99. The maximum Gasteiger partial charge on any atom is 0.256 e. The van der Waals surface area contributed by atoms with Crippen molar-refractivity contribution in [1.82, 2.24) is 19.6 Å². The number of carbonyl (C=O) groups is 1. The summed E-state index contributed by atoms with van der Waals surface area (Å²) < 4.78 is 3.61. The van der Waals surface area contributed by atoms with Gasteiger partial charge in [-0.15, -0.1) is 0 Å². The number of amides is 1. The Bertz CT molecular complexity index is 1230. The number of nitrogens with zero attached hydrogens (tertiary/aromatic N) is 4. The summed E-state index contributed by atoms with van der Waals surface area (Å²) in [7, 11) is 0. The molecule has 6 nitrogen and oxygen atoms in total. The van der Waals surface area contributed by atoms with Crippen LogP contribution in [0.4, 0.5) is 5.82 Å². The van der Waals surface area contributed by atoms with Gasteiger partial charge in [-0.1, -0.05) is 47.5 Å². The molecule has 0 spiro atoms. The molecule has 158 valence electrons. The molecule has 0 unspecified atom stereocenters. The van der Waals surface area contributed by atoms with Gasteiger partial charge in [0.1, 0.15) is 0 Å². The molecule has 2 heterocycles. The number of aromatic nitrogens is 4. The fraction of sp³-hybridized carbons (Fsp3) is 0.174. The van der Waals surface area contributed by atoms with Gasteiger partial charge in [-0.2, -0.15) is 10.2 Å². The van der Waals surface area contributed by atoms with E-state index in [1.807, 2.05) is 61.1 Å². The highest BCUT2D eigenvalue weighted by Crippen LogP contribution is 2.20. The summed E-state index contributed by atoms with van der Waals surface area (Å²) >= 11 is 12.2. The Morgan fingerprint density at radius 1 is 0.968 bits per heavy atom. The first-order valence-electron chi connectivity index (χ1n) is 9.77. The summed E-state index contributed by atoms with van der Waals surface area (Å²) in [6.07, 6.45) is 1.82. The van der Waals surface area contributed by atoms with Gasteiger partial charge in [-0.25, -0.2) is 0 Å². The Hall–Kier alpha value is -3.09. The molecule has 2 aromatic carbocycles. The molecule has 0 saturated heterocycles. The van der Waals surface area contributed by atoms with Gasteiger partial charge < -0.3 is 5.32 Å². The number of aryl methyl sites for hydroxylation is 1. The van der Waals surface area contributed by atoms with Crippen LogP contribution in [0.5, 0.6) is 0 Å². The number of carbonyl (C=O) groups excluding carboxylic acids is 1. The molecule has 0 aliphatic rings. The molecule has 4 aromatic rings. The van der Waals surface area contributed by atoms with Crippen LogP contribution in [0.2, 0.25) is 10.0 Å². The normalized spacial score (nSPS) is 11.0. The zero-order chi connectivity index (χ0) is 22.0. The van der Waals surface area contributed by atoms with Crippen molar-refractivity contribution in [1.29, 1.82) is 0 Å². The monoisotopic (exact) mass is 453 g/mol. The Balaban J connectivity index is 1.38. The lowest BCUT2D eigenvalue weighted by Gasteiger charge is -2.07. The minimum atomic E-state index is -0.214. The number of halogens is 2. The minimum absolute atomic E-state index is 0.214. The highest BCUT2D eigenvalue weighted by molar-refractivity contribution is 6.31. The van der Waals surface area contributed by atoms with Gasteiger partial charge in [0, 0.05) is 22.8 Å². The van der Waals surface area contributed by atoms with Gasteiger partial charge in [0.25, 0.3) is 5.91 Å². The first-order valence-corrected chi connectivity index (χ1v) is 10.5. The number of nitrogens with one attached hydrogen (secondary N) is 1. The summed E-state index contributed by atoms with van der Waals surface area (Å²) in [5.41, 5.74) is 4.36. The quantitative estimate of drug-likeness (QED) is 0.427. The van der Waals surface area contributed by atoms with Crippen molar-refractivity contribution in [2.75, 3.05) is 5.32 Å². The van der Waals surface area contributed by atoms with Crippen LogP contribution in [0.15, 0.2) is 60.8 Å². The van der Waals surface area contributed by atoms with E-state index in [9.17, 15) is 4.79 Å². The fourth-order valence-corrected chi connectivity index (χ4v) is 3.64. The number of hydrogen-bond acceptors (Lipinski definition) is 3. The van der Waals surface area contributed by atoms with E-state index in [1.165, 1.54) is 0 Å². The lowest BCUT2D eigenvalue weighted by molar-refractivity contribution is 0.102. The summed E-state index contributed by atoms with van der Waals surface area (Å²) in [5, 5.41) is 13.1. The van der Waals surface area contributed by atoms with Crippen molar-refractivity contribution < 1.29 is 4.79 Å². The van der Waals surface area contributed by atoms with Crippen molar-refractivity contribution in [3.63, 3.8) is 0 Å². The number of rotatable bonds is 6. The van der Waals surface area contributed by atoms with E-state index in [2.05, 4.69) is 15.5 Å². The van der Waals surface area contributed by atoms with Crippen molar-refractivity contribution >= 4 is 34.9 Å². The maximum atomic E-state index is 12.6. The zero-order valence-corrected chi connectivity index (χ0v) is 18.7. The van der Waals surface area contributed by atoms with Crippen molar-refractivity contribution in [3.05, 3.63) is 98.9 Å². The first kappa shape index (κ1) is 21.2. The van der Waals surface area contributed by atoms with E-state index < -0.39 is 0 Å². The van der Waals surface area contributed by atoms with Crippen LogP contribution in [-0.2, 0) is 13.1 Å². The first-order chi connectivity index (χ1) is 14.9. The van der Waals surface area contributed by atoms with Crippen LogP contribution >= 0.6 is 23.2 Å². The molecule has 0 fully saturated rings. The van der Waals surface area contributed by atoms with E-state index in [0.29, 0.717) is 34.5 Å². The third-order valence-electron chi connectivity index (χ3n) is 4.96. The largest absolute Gasteiger partial charge is 0.305 e. The predicted molar refractivity (Wildman–Crippen MR) is 123 cm³/mol. The molecule has 8 heteroatoms. The molecule has 0 atom stereocenters. The molecule has 0 aliphatic heterocycles. The van der Waals surface area contributed by atoms with Crippen LogP contribution < -0.4 is 5.32 Å². The third kappa shape index (κ3) is 4.98. The summed E-state index contributed by atoms with van der Waals surface area (Å²) in [4.78, 5) is 12.6. The second-order valence-corrected chi connectivity index (χ2v) is 8.14. The van der Waals surface area contributed by atoms with Crippen LogP contribution in [0, 0.1) is 13.8 Å². The van der Waals surface area contributed by atoms with Crippen LogP contribution in [0.1, 0.15) is 32.9 Å². The fourth-order valence-electron chi connectivity index (χ4n) is 3.29. The SMILES string of the molecule is Cc1nn(Cc2ccc(C(=O)Nc3ccn(Cc4cccc(Cl)c4)n3)cc2)c(C)c1Cl. The average Bonchev–Trinajstić information content (AvgIpc) is 3.28. The second-order valence-electron chi connectivity index (χ2n) is 7.32. The van der Waals surface area contributed by atoms with E-state index >= 15 is 0 Å². The van der Waals surface area contributed by atoms with Gasteiger partial charge in [0.15, 0.2) is 5.82 Å². The highest BCUT2D eigenvalue weighted by atomic mass is 35.5. The molecule has 4 rings (SSSR count). The molecular formula is C23H21Cl2N5O. The molecule has 0 aliphatic carbocycles. The standard InChI is InChI=1S/C23H21Cl2N5O/c1-15-22(25)16(2)30(27-15)14-17-6-8-19(9-7-17)23(31)26-21-10-11-29(28-21)13-18-4-3-5-20(24)12-18/h3-12H,13-14H2,1-2H3,(H,26,28,31). The number of anilines is 1. The van der Waals surface area contributed by atoms with Crippen LogP contribution in [0.25, 0.3) is 0 Å². The highest BCUT2D eigenvalue weighted by Gasteiger charge is 2.11. The number of hydrogen-bond donors (Lipinski definition) is 1. The average molecular weight is 454 g/mol. The van der Waals surface area contributed by atoms with Gasteiger partial charge >= 0.3 is 0 Å². The zero-order valence-electron chi connectivity index (χ0n) is 17.1. The van der Waals surface area contributed by atoms with Crippen molar-refractivity contribution in [3.8, 4) is 0 Å². The van der Waals surface area contributed by atoms with E-state index in [-0.39, 0.29) is 5.91 Å². The van der Waals surface area contributed by atoms with Gasteiger partial charge in [-0.3, -0.25) is 14.2 Å². The van der Waals surface area contributed by atoms with Crippen LogP contribution in [0.3, 0.4) is 0 Å². The third-order valence-corrected chi connectivity index (χ3v) is 5.74. The second kappa shape index (κ2) is 8.96. The van der Waals surface area contributed by atoms with Gasteiger partial charge in [0.05, 0.1) is 29.5 Å². The lowest BCUT2D eigenvalue weighted by Crippen LogP contribution is -2.13. The molecular weight excluding hydrogens is 433 g/mol. The Labute approximate surface area is 190 Å². The molecule has 0 bridgehead atoms. The Morgan fingerprint density at radius 3 is 2.42 bits per heavy atom. The smallest absolute Gasteiger partial charge is 0.256 e. The summed E-state index contributed by atoms with van der Waals surface area (Å²) in [6, 6.07) is 16.8. The molecule has 31 heavy (non-hydrogen) atoms. The Morgan fingerprint density at radius 2 is 1.74 bits per heavy atom. The van der Waals surface area contributed by atoms with E-state index in [0.717, 1.165) is 22.5 Å². The minimum Gasteiger partial charge on any atom is -0.305 e.